The number of amides is 1. The zero-order chi connectivity index (χ0) is 21.2. The van der Waals surface area contributed by atoms with E-state index in [1.54, 1.807) is 0 Å². The Kier molecular flexibility index (Phi) is 8.72. The van der Waals surface area contributed by atoms with E-state index in [-0.39, 0.29) is 11.9 Å². The van der Waals surface area contributed by atoms with Gasteiger partial charge in [-0.15, -0.1) is 0 Å². The van der Waals surface area contributed by atoms with Gasteiger partial charge in [-0.25, -0.2) is 0 Å². The SMILES string of the molecule is CCN(CC)C(C(=O)NCCCN1CCN(c2ccccc2)CC1)c1ccccc1. The number of anilines is 1. The van der Waals surface area contributed by atoms with Crippen LogP contribution >= 0.6 is 0 Å². The van der Waals surface area contributed by atoms with Crippen LogP contribution in [0.25, 0.3) is 0 Å². The normalized spacial score (nSPS) is 15.9. The quantitative estimate of drug-likeness (QED) is 0.612. The minimum Gasteiger partial charge on any atom is -0.369 e. The van der Waals surface area contributed by atoms with Crippen molar-refractivity contribution in [3.63, 3.8) is 0 Å². The first-order valence-electron chi connectivity index (χ1n) is 11.3. The van der Waals surface area contributed by atoms with Crippen LogP contribution in [0.1, 0.15) is 31.9 Å². The van der Waals surface area contributed by atoms with Crippen molar-refractivity contribution < 1.29 is 4.79 Å². The molecule has 162 valence electrons. The summed E-state index contributed by atoms with van der Waals surface area (Å²) in [5, 5.41) is 3.19. The van der Waals surface area contributed by atoms with E-state index in [9.17, 15) is 4.79 Å². The van der Waals surface area contributed by atoms with Crippen LogP contribution in [0.3, 0.4) is 0 Å². The first kappa shape index (κ1) is 22.3. The van der Waals surface area contributed by atoms with Crippen LogP contribution in [-0.4, -0.2) is 68.1 Å². The third-order valence-corrected chi connectivity index (χ3v) is 5.99. The summed E-state index contributed by atoms with van der Waals surface area (Å²) in [6, 6.07) is 20.5. The van der Waals surface area contributed by atoms with Crippen molar-refractivity contribution in [3.05, 3.63) is 66.2 Å². The molecule has 0 aliphatic carbocycles. The average Bonchev–Trinajstić information content (AvgIpc) is 2.81. The Hall–Kier alpha value is -2.37. The summed E-state index contributed by atoms with van der Waals surface area (Å²) in [4.78, 5) is 20.2. The maximum atomic E-state index is 13.0. The number of nitrogens with zero attached hydrogens (tertiary/aromatic N) is 3. The molecule has 5 heteroatoms. The molecule has 5 nitrogen and oxygen atoms in total. The highest BCUT2D eigenvalue weighted by Crippen LogP contribution is 2.20. The number of benzene rings is 2. The van der Waals surface area contributed by atoms with Crippen LogP contribution in [0.15, 0.2) is 60.7 Å². The number of nitrogens with one attached hydrogen (secondary N) is 1. The summed E-state index contributed by atoms with van der Waals surface area (Å²) < 4.78 is 0. The Morgan fingerprint density at radius 2 is 1.53 bits per heavy atom. The highest BCUT2D eigenvalue weighted by Gasteiger charge is 2.25. The second-order valence-electron chi connectivity index (χ2n) is 7.84. The molecule has 1 N–H and O–H groups in total. The predicted octanol–water partition coefficient (Wildman–Crippen LogP) is 3.40. The molecule has 30 heavy (non-hydrogen) atoms. The molecule has 0 radical (unpaired) electrons. The monoisotopic (exact) mass is 408 g/mol. The molecule has 1 amide bonds. The molecule has 1 aliphatic rings. The van der Waals surface area contributed by atoms with E-state index in [2.05, 4.69) is 76.3 Å². The van der Waals surface area contributed by atoms with Crippen LogP contribution in [0.5, 0.6) is 0 Å². The van der Waals surface area contributed by atoms with Gasteiger partial charge >= 0.3 is 0 Å². The highest BCUT2D eigenvalue weighted by molar-refractivity contribution is 5.83. The summed E-state index contributed by atoms with van der Waals surface area (Å²) >= 11 is 0. The molecule has 1 saturated heterocycles. The first-order chi connectivity index (χ1) is 14.7. The molecule has 1 aliphatic heterocycles. The molecule has 2 aromatic carbocycles. The second-order valence-corrected chi connectivity index (χ2v) is 7.84. The summed E-state index contributed by atoms with van der Waals surface area (Å²) in [5.41, 5.74) is 2.38. The van der Waals surface area contributed by atoms with E-state index in [0.717, 1.165) is 64.3 Å². The van der Waals surface area contributed by atoms with Crippen LogP contribution in [0.4, 0.5) is 5.69 Å². The molecule has 0 saturated carbocycles. The number of para-hydroxylation sites is 1. The molecule has 1 fully saturated rings. The molecule has 0 aromatic heterocycles. The van der Waals surface area contributed by atoms with E-state index < -0.39 is 0 Å². The van der Waals surface area contributed by atoms with Crippen LogP contribution in [-0.2, 0) is 4.79 Å². The third kappa shape index (κ3) is 6.07. The lowest BCUT2D eigenvalue weighted by molar-refractivity contribution is -0.126. The molecule has 0 spiro atoms. The number of piperazine rings is 1. The van der Waals surface area contributed by atoms with Gasteiger partial charge in [-0.2, -0.15) is 0 Å². The van der Waals surface area contributed by atoms with Crippen LogP contribution < -0.4 is 10.2 Å². The summed E-state index contributed by atoms with van der Waals surface area (Å²) in [5.74, 6) is 0.110. The fraction of sp³-hybridized carbons (Fsp3) is 0.480. The Morgan fingerprint density at radius 1 is 0.933 bits per heavy atom. The van der Waals surface area contributed by atoms with Gasteiger partial charge in [0.2, 0.25) is 5.91 Å². The number of likely N-dealkylation sites (N-methyl/N-ethyl adjacent to an activating group) is 1. The van der Waals surface area contributed by atoms with Gasteiger partial charge in [-0.3, -0.25) is 14.6 Å². The van der Waals surface area contributed by atoms with Crippen LogP contribution in [0.2, 0.25) is 0 Å². The predicted molar refractivity (Wildman–Crippen MR) is 125 cm³/mol. The van der Waals surface area contributed by atoms with Gasteiger partial charge in [0.1, 0.15) is 6.04 Å². The van der Waals surface area contributed by atoms with Gasteiger partial charge < -0.3 is 10.2 Å². The average molecular weight is 409 g/mol. The van der Waals surface area contributed by atoms with Crippen LogP contribution in [0, 0.1) is 0 Å². The molecule has 1 unspecified atom stereocenters. The molecule has 3 rings (SSSR count). The Bertz CT molecular complexity index is 740. The molecule has 1 atom stereocenters. The summed E-state index contributed by atoms with van der Waals surface area (Å²) in [7, 11) is 0. The van der Waals surface area contributed by atoms with Gasteiger partial charge in [-0.1, -0.05) is 62.4 Å². The van der Waals surface area contributed by atoms with Gasteiger partial charge in [0.05, 0.1) is 0 Å². The highest BCUT2D eigenvalue weighted by atomic mass is 16.2. The second kappa shape index (κ2) is 11.7. The van der Waals surface area contributed by atoms with E-state index in [1.165, 1.54) is 5.69 Å². The lowest BCUT2D eigenvalue weighted by Crippen LogP contribution is -2.47. The van der Waals surface area contributed by atoms with Crippen molar-refractivity contribution in [3.8, 4) is 0 Å². The standard InChI is InChI=1S/C25H36N4O/c1-3-28(4-2)24(22-12-7-5-8-13-22)25(30)26-16-11-17-27-18-20-29(21-19-27)23-14-9-6-10-15-23/h5-10,12-15,24H,3-4,11,16-21H2,1-2H3,(H,26,30). The number of hydrogen-bond donors (Lipinski definition) is 1. The summed E-state index contributed by atoms with van der Waals surface area (Å²) in [6.07, 6.45) is 0.983. The number of hydrogen-bond acceptors (Lipinski definition) is 4. The van der Waals surface area contributed by atoms with Crippen molar-refractivity contribution in [1.29, 1.82) is 0 Å². The Morgan fingerprint density at radius 3 is 2.13 bits per heavy atom. The first-order valence-corrected chi connectivity index (χ1v) is 11.3. The van der Waals surface area contributed by atoms with Crippen molar-refractivity contribution in [2.75, 3.05) is 57.3 Å². The fourth-order valence-electron chi connectivity index (χ4n) is 4.23. The zero-order valence-electron chi connectivity index (χ0n) is 18.5. The smallest absolute Gasteiger partial charge is 0.241 e. The Labute approximate surface area is 181 Å². The third-order valence-electron chi connectivity index (χ3n) is 5.99. The number of carbonyl (C=O) groups excluding carboxylic acids is 1. The Balaban J connectivity index is 1.42. The lowest BCUT2D eigenvalue weighted by atomic mass is 10.0. The molecule has 0 bridgehead atoms. The molecular weight excluding hydrogens is 372 g/mol. The van der Waals surface area contributed by atoms with E-state index in [0.29, 0.717) is 0 Å². The maximum Gasteiger partial charge on any atom is 0.241 e. The van der Waals surface area contributed by atoms with Crippen molar-refractivity contribution in [2.24, 2.45) is 0 Å². The van der Waals surface area contributed by atoms with E-state index in [4.69, 9.17) is 0 Å². The molecule has 2 aromatic rings. The number of rotatable bonds is 10. The van der Waals surface area contributed by atoms with Crippen molar-refractivity contribution >= 4 is 11.6 Å². The van der Waals surface area contributed by atoms with Crippen molar-refractivity contribution in [1.82, 2.24) is 15.1 Å². The lowest BCUT2D eigenvalue weighted by Gasteiger charge is -2.36. The minimum atomic E-state index is -0.212. The zero-order valence-corrected chi connectivity index (χ0v) is 18.5. The minimum absolute atomic E-state index is 0.110. The molecular formula is C25H36N4O. The molecule has 1 heterocycles. The van der Waals surface area contributed by atoms with Gasteiger partial charge in [0.25, 0.3) is 0 Å². The van der Waals surface area contributed by atoms with Crippen molar-refractivity contribution in [2.45, 2.75) is 26.3 Å². The summed E-state index contributed by atoms with van der Waals surface area (Å²) in [6.45, 7) is 12.0. The van der Waals surface area contributed by atoms with Gasteiger partial charge in [0, 0.05) is 38.4 Å². The fourth-order valence-corrected chi connectivity index (χ4v) is 4.23. The number of carbonyl (C=O) groups is 1. The van der Waals surface area contributed by atoms with E-state index >= 15 is 0 Å². The largest absolute Gasteiger partial charge is 0.369 e. The van der Waals surface area contributed by atoms with E-state index in [1.807, 2.05) is 18.2 Å². The maximum absolute atomic E-state index is 13.0. The van der Waals surface area contributed by atoms with Gasteiger partial charge in [0.15, 0.2) is 0 Å². The van der Waals surface area contributed by atoms with Gasteiger partial charge in [-0.05, 0) is 43.8 Å². The topological polar surface area (TPSA) is 38.8 Å².